The van der Waals surface area contributed by atoms with Crippen molar-refractivity contribution >= 4 is 11.8 Å². The second-order valence-corrected chi connectivity index (χ2v) is 4.48. The monoisotopic (exact) mass is 265 g/mol. The van der Waals surface area contributed by atoms with Crippen molar-refractivity contribution in [3.05, 3.63) is 36.4 Å². The molecule has 0 amide bonds. The van der Waals surface area contributed by atoms with Crippen LogP contribution >= 0.6 is 11.8 Å². The molecule has 2 heterocycles. The molecular weight excluding hydrogens is 250 g/mol. The lowest BCUT2D eigenvalue weighted by molar-refractivity contribution is 0.199. The minimum absolute atomic E-state index is 0.604. The summed E-state index contributed by atoms with van der Waals surface area (Å²) in [5, 5.41) is 4.80. The van der Waals surface area contributed by atoms with E-state index < -0.39 is 0 Å². The molecule has 2 aromatic heterocycles. The van der Waals surface area contributed by atoms with Crippen LogP contribution in [-0.2, 0) is 11.3 Å². The summed E-state index contributed by atoms with van der Waals surface area (Å²) >= 11 is 1.42. The largest absolute Gasteiger partial charge is 0.440 e. The van der Waals surface area contributed by atoms with Crippen LogP contribution in [0.15, 0.2) is 45.5 Å². The van der Waals surface area contributed by atoms with E-state index in [9.17, 15) is 0 Å². The van der Waals surface area contributed by atoms with Gasteiger partial charge in [-0.05, 0) is 23.4 Å². The molecule has 5 nitrogen and oxygen atoms in total. The smallest absolute Gasteiger partial charge is 0.261 e. The number of pyridine rings is 1. The van der Waals surface area contributed by atoms with E-state index in [1.165, 1.54) is 11.8 Å². The Hall–Kier alpha value is -1.37. The highest BCUT2D eigenvalue weighted by Crippen LogP contribution is 2.26. The molecule has 0 spiro atoms. The molecule has 0 saturated heterocycles. The van der Waals surface area contributed by atoms with Gasteiger partial charge in [0.2, 0.25) is 0 Å². The lowest BCUT2D eigenvalue weighted by Gasteiger charge is -2.07. The van der Waals surface area contributed by atoms with Gasteiger partial charge in [0.05, 0.1) is 12.8 Å². The summed E-state index contributed by atoms with van der Waals surface area (Å²) in [6, 6.07) is 3.96. The van der Waals surface area contributed by atoms with Gasteiger partial charge in [-0.3, -0.25) is 0 Å². The molecular formula is C12H15N3O2S. The van der Waals surface area contributed by atoms with E-state index in [2.05, 4.69) is 15.3 Å². The third-order valence-electron chi connectivity index (χ3n) is 2.24. The highest BCUT2D eigenvalue weighted by Gasteiger charge is 2.07. The average Bonchev–Trinajstić information content (AvgIpc) is 2.89. The van der Waals surface area contributed by atoms with Gasteiger partial charge < -0.3 is 14.5 Å². The quantitative estimate of drug-likeness (QED) is 0.772. The van der Waals surface area contributed by atoms with Crippen LogP contribution in [0.2, 0.25) is 0 Å². The second-order valence-electron chi connectivity index (χ2n) is 3.54. The molecule has 96 valence electrons. The number of nitrogens with one attached hydrogen (secondary N) is 1. The average molecular weight is 265 g/mol. The third kappa shape index (κ3) is 3.83. The zero-order valence-electron chi connectivity index (χ0n) is 10.1. The maximum atomic E-state index is 5.21. The number of oxazole rings is 1. The first kappa shape index (κ1) is 13.1. The molecule has 2 aromatic rings. The van der Waals surface area contributed by atoms with Crippen LogP contribution in [0.4, 0.5) is 0 Å². The summed E-state index contributed by atoms with van der Waals surface area (Å²) in [6.07, 6.45) is 4.95. The van der Waals surface area contributed by atoms with E-state index in [4.69, 9.17) is 9.15 Å². The van der Waals surface area contributed by atoms with Crippen LogP contribution in [0.3, 0.4) is 0 Å². The zero-order chi connectivity index (χ0) is 12.6. The van der Waals surface area contributed by atoms with Crippen LogP contribution in [0, 0.1) is 0 Å². The Morgan fingerprint density at radius 2 is 2.33 bits per heavy atom. The number of aromatic nitrogens is 2. The van der Waals surface area contributed by atoms with Gasteiger partial charge in [0.1, 0.15) is 11.3 Å². The second kappa shape index (κ2) is 7.15. The number of rotatable bonds is 7. The Bertz CT molecular complexity index is 462. The Balaban J connectivity index is 1.97. The normalized spacial score (nSPS) is 10.7. The molecule has 0 aliphatic carbocycles. The first-order chi connectivity index (χ1) is 8.90. The summed E-state index contributed by atoms with van der Waals surface area (Å²) in [5.41, 5.74) is 1.12. The Morgan fingerprint density at radius 1 is 1.39 bits per heavy atom. The first-order valence-corrected chi connectivity index (χ1v) is 6.42. The molecule has 18 heavy (non-hydrogen) atoms. The van der Waals surface area contributed by atoms with Crippen molar-refractivity contribution in [3.63, 3.8) is 0 Å². The van der Waals surface area contributed by atoms with Gasteiger partial charge in [0.15, 0.2) is 0 Å². The summed E-state index contributed by atoms with van der Waals surface area (Å²) in [6.45, 7) is 2.26. The van der Waals surface area contributed by atoms with E-state index in [0.717, 1.165) is 23.7 Å². The molecule has 0 aliphatic rings. The maximum Gasteiger partial charge on any atom is 0.261 e. The van der Waals surface area contributed by atoms with Crippen molar-refractivity contribution in [2.75, 3.05) is 20.3 Å². The molecule has 0 radical (unpaired) electrons. The van der Waals surface area contributed by atoms with Crippen molar-refractivity contribution in [1.29, 1.82) is 0 Å². The summed E-state index contributed by atoms with van der Waals surface area (Å²) in [4.78, 5) is 8.42. The Kier molecular flexibility index (Phi) is 5.19. The highest BCUT2D eigenvalue weighted by molar-refractivity contribution is 7.99. The fourth-order valence-electron chi connectivity index (χ4n) is 1.39. The molecule has 0 unspecified atom stereocenters. The zero-order valence-corrected chi connectivity index (χ0v) is 10.9. The van der Waals surface area contributed by atoms with E-state index in [1.54, 1.807) is 25.8 Å². The van der Waals surface area contributed by atoms with Crippen LogP contribution in [0.25, 0.3) is 0 Å². The molecule has 0 aromatic carbocycles. The van der Waals surface area contributed by atoms with Crippen molar-refractivity contribution in [2.45, 2.75) is 16.8 Å². The summed E-state index contributed by atoms with van der Waals surface area (Å²) in [5.74, 6) is 0. The van der Waals surface area contributed by atoms with Crippen molar-refractivity contribution in [3.8, 4) is 0 Å². The minimum atomic E-state index is 0.604. The number of hydrogen-bond donors (Lipinski definition) is 1. The standard InChI is InChI=1S/C12H15N3O2S/c1-16-7-5-13-9-10-3-2-4-14-11(10)18-12-15-6-8-17-12/h2-4,6,8,13H,5,7,9H2,1H3. The van der Waals surface area contributed by atoms with Gasteiger partial charge in [-0.1, -0.05) is 6.07 Å². The van der Waals surface area contributed by atoms with Crippen LogP contribution < -0.4 is 5.32 Å². The van der Waals surface area contributed by atoms with Gasteiger partial charge in [-0.2, -0.15) is 0 Å². The Labute approximate surface area is 110 Å². The molecule has 0 aliphatic heterocycles. The van der Waals surface area contributed by atoms with E-state index in [0.29, 0.717) is 11.8 Å². The fourth-order valence-corrected chi connectivity index (χ4v) is 2.16. The lowest BCUT2D eigenvalue weighted by Crippen LogP contribution is -2.19. The van der Waals surface area contributed by atoms with E-state index >= 15 is 0 Å². The van der Waals surface area contributed by atoms with Crippen LogP contribution in [0.1, 0.15) is 5.56 Å². The molecule has 0 atom stereocenters. The van der Waals surface area contributed by atoms with Crippen LogP contribution in [0.5, 0.6) is 0 Å². The highest BCUT2D eigenvalue weighted by atomic mass is 32.2. The van der Waals surface area contributed by atoms with Gasteiger partial charge in [-0.25, -0.2) is 9.97 Å². The molecule has 0 saturated carbocycles. The molecule has 6 heteroatoms. The predicted molar refractivity (Wildman–Crippen MR) is 68.4 cm³/mol. The number of nitrogens with zero attached hydrogens (tertiary/aromatic N) is 2. The van der Waals surface area contributed by atoms with Crippen LogP contribution in [-0.4, -0.2) is 30.2 Å². The van der Waals surface area contributed by atoms with Gasteiger partial charge in [0.25, 0.3) is 5.22 Å². The summed E-state index contributed by atoms with van der Waals surface area (Å²) < 4.78 is 10.2. The first-order valence-electron chi connectivity index (χ1n) is 5.61. The van der Waals surface area contributed by atoms with Crippen molar-refractivity contribution in [1.82, 2.24) is 15.3 Å². The molecule has 1 N–H and O–H groups in total. The lowest BCUT2D eigenvalue weighted by atomic mass is 10.3. The third-order valence-corrected chi connectivity index (χ3v) is 3.18. The van der Waals surface area contributed by atoms with Crippen molar-refractivity contribution < 1.29 is 9.15 Å². The predicted octanol–water partition coefficient (Wildman–Crippen LogP) is 1.96. The topological polar surface area (TPSA) is 60.2 Å². The fraction of sp³-hybridized carbons (Fsp3) is 0.333. The van der Waals surface area contributed by atoms with Gasteiger partial charge >= 0.3 is 0 Å². The summed E-state index contributed by atoms with van der Waals surface area (Å²) in [7, 11) is 1.69. The number of methoxy groups -OCH3 is 1. The molecule has 0 bridgehead atoms. The van der Waals surface area contributed by atoms with E-state index in [-0.39, 0.29) is 0 Å². The minimum Gasteiger partial charge on any atom is -0.440 e. The number of hydrogen-bond acceptors (Lipinski definition) is 6. The maximum absolute atomic E-state index is 5.21. The van der Waals surface area contributed by atoms with Crippen molar-refractivity contribution in [2.24, 2.45) is 0 Å². The Morgan fingerprint density at radius 3 is 3.11 bits per heavy atom. The van der Waals surface area contributed by atoms with Gasteiger partial charge in [-0.15, -0.1) is 0 Å². The molecule has 0 fully saturated rings. The SMILES string of the molecule is COCCNCc1cccnc1Sc1ncco1. The molecule has 2 rings (SSSR count). The van der Waals surface area contributed by atoms with Gasteiger partial charge in [0, 0.05) is 26.4 Å². The van der Waals surface area contributed by atoms with E-state index in [1.807, 2.05) is 12.1 Å². The number of ether oxygens (including phenoxy) is 1.